The number of methoxy groups -OCH3 is 1. The Morgan fingerprint density at radius 1 is 1.25 bits per heavy atom. The van der Waals surface area contributed by atoms with Crippen LogP contribution in [-0.4, -0.2) is 26.8 Å². The van der Waals surface area contributed by atoms with Crippen LogP contribution in [0.15, 0.2) is 0 Å². The van der Waals surface area contributed by atoms with Crippen LogP contribution in [0.25, 0.3) is 0 Å². The lowest BCUT2D eigenvalue weighted by Gasteiger charge is -2.10. The summed E-state index contributed by atoms with van der Waals surface area (Å²) in [5, 5.41) is 3.40. The molecule has 1 N–H and O–H groups in total. The first-order valence-electron chi connectivity index (χ1n) is 5.00. The molecule has 0 aliphatic heterocycles. The number of hydrogen-bond acceptors (Lipinski definition) is 2. The summed E-state index contributed by atoms with van der Waals surface area (Å²) < 4.78 is 5.02. The highest BCUT2D eigenvalue weighted by Gasteiger charge is 1.99. The molecule has 1 unspecified atom stereocenters. The molecule has 2 nitrogen and oxygen atoms in total. The number of ether oxygens (including phenoxy) is 1. The molecule has 0 amide bonds. The van der Waals surface area contributed by atoms with Crippen molar-refractivity contribution in [3.8, 4) is 0 Å². The molecule has 0 aromatic rings. The fourth-order valence-corrected chi connectivity index (χ4v) is 1.11. The van der Waals surface area contributed by atoms with E-state index in [0.717, 1.165) is 25.6 Å². The smallest absolute Gasteiger partial charge is 0.0464 e. The molecule has 0 radical (unpaired) electrons. The lowest BCUT2D eigenvalue weighted by atomic mass is 10.0. The van der Waals surface area contributed by atoms with E-state index in [0.29, 0.717) is 0 Å². The van der Waals surface area contributed by atoms with Gasteiger partial charge in [0, 0.05) is 13.7 Å². The normalized spacial score (nSPS) is 13.2. The summed E-state index contributed by atoms with van der Waals surface area (Å²) in [6, 6.07) is 0. The van der Waals surface area contributed by atoms with Gasteiger partial charge in [-0.25, -0.2) is 0 Å². The maximum atomic E-state index is 5.02. The van der Waals surface area contributed by atoms with Gasteiger partial charge in [0.05, 0.1) is 0 Å². The minimum atomic E-state index is 0.786. The van der Waals surface area contributed by atoms with Crippen molar-refractivity contribution in [1.82, 2.24) is 5.32 Å². The first kappa shape index (κ1) is 11.9. The standard InChI is InChI=1S/C10H23NO/c1-4-7-11-8-5-10(2)6-9-12-3/h10-11H,4-9H2,1-3H3. The van der Waals surface area contributed by atoms with Gasteiger partial charge in [-0.2, -0.15) is 0 Å². The molecular weight excluding hydrogens is 150 g/mol. The quantitative estimate of drug-likeness (QED) is 0.567. The van der Waals surface area contributed by atoms with Crippen LogP contribution in [0.2, 0.25) is 0 Å². The van der Waals surface area contributed by atoms with Gasteiger partial charge in [0.1, 0.15) is 0 Å². The summed E-state index contributed by atoms with van der Waals surface area (Å²) in [4.78, 5) is 0. The van der Waals surface area contributed by atoms with Crippen molar-refractivity contribution in [3.63, 3.8) is 0 Å². The molecule has 0 spiro atoms. The average Bonchev–Trinajstić information content (AvgIpc) is 2.09. The van der Waals surface area contributed by atoms with Crippen molar-refractivity contribution >= 4 is 0 Å². The number of rotatable bonds is 8. The lowest BCUT2D eigenvalue weighted by molar-refractivity contribution is 0.178. The summed E-state index contributed by atoms with van der Waals surface area (Å²) >= 11 is 0. The second-order valence-electron chi connectivity index (χ2n) is 3.43. The van der Waals surface area contributed by atoms with Gasteiger partial charge in [-0.15, -0.1) is 0 Å². The fraction of sp³-hybridized carbons (Fsp3) is 1.00. The maximum absolute atomic E-state index is 5.02. The summed E-state index contributed by atoms with van der Waals surface area (Å²) in [5.74, 6) is 0.786. The van der Waals surface area contributed by atoms with Crippen LogP contribution in [0.5, 0.6) is 0 Å². The highest BCUT2D eigenvalue weighted by atomic mass is 16.5. The van der Waals surface area contributed by atoms with Gasteiger partial charge in [-0.1, -0.05) is 13.8 Å². The number of nitrogens with one attached hydrogen (secondary N) is 1. The molecule has 74 valence electrons. The van der Waals surface area contributed by atoms with Crippen LogP contribution < -0.4 is 5.32 Å². The van der Waals surface area contributed by atoms with Gasteiger partial charge in [0.25, 0.3) is 0 Å². The van der Waals surface area contributed by atoms with Gasteiger partial charge in [-0.3, -0.25) is 0 Å². The summed E-state index contributed by atoms with van der Waals surface area (Å²) in [6.07, 6.45) is 3.68. The van der Waals surface area contributed by atoms with E-state index in [1.807, 2.05) is 0 Å². The van der Waals surface area contributed by atoms with Crippen LogP contribution in [-0.2, 0) is 4.74 Å². The Kier molecular flexibility index (Phi) is 8.95. The van der Waals surface area contributed by atoms with Crippen molar-refractivity contribution in [3.05, 3.63) is 0 Å². The van der Waals surface area contributed by atoms with Crippen molar-refractivity contribution in [1.29, 1.82) is 0 Å². The molecule has 2 heteroatoms. The predicted molar refractivity (Wildman–Crippen MR) is 53.4 cm³/mol. The molecule has 0 saturated carbocycles. The zero-order chi connectivity index (χ0) is 9.23. The summed E-state index contributed by atoms with van der Waals surface area (Å²) in [5.41, 5.74) is 0. The van der Waals surface area contributed by atoms with E-state index in [1.54, 1.807) is 7.11 Å². The van der Waals surface area contributed by atoms with Crippen molar-refractivity contribution in [2.45, 2.75) is 33.1 Å². The van der Waals surface area contributed by atoms with Crippen LogP contribution in [0, 0.1) is 5.92 Å². The molecule has 1 atom stereocenters. The van der Waals surface area contributed by atoms with Crippen LogP contribution in [0.4, 0.5) is 0 Å². The molecule has 0 rings (SSSR count). The maximum Gasteiger partial charge on any atom is 0.0464 e. The van der Waals surface area contributed by atoms with E-state index in [9.17, 15) is 0 Å². The Morgan fingerprint density at radius 2 is 2.00 bits per heavy atom. The zero-order valence-electron chi connectivity index (χ0n) is 8.73. The average molecular weight is 173 g/mol. The Bertz CT molecular complexity index is 85.9. The first-order valence-corrected chi connectivity index (χ1v) is 5.00. The Balaban J connectivity index is 3.02. The minimum absolute atomic E-state index is 0.786. The molecule has 0 bridgehead atoms. The van der Waals surface area contributed by atoms with Crippen molar-refractivity contribution in [2.75, 3.05) is 26.8 Å². The predicted octanol–water partition coefficient (Wildman–Crippen LogP) is 2.05. The third-order valence-electron chi connectivity index (χ3n) is 2.06. The zero-order valence-corrected chi connectivity index (χ0v) is 8.73. The van der Waals surface area contributed by atoms with Gasteiger partial charge < -0.3 is 10.1 Å². The minimum Gasteiger partial charge on any atom is -0.385 e. The topological polar surface area (TPSA) is 21.3 Å². The summed E-state index contributed by atoms with van der Waals surface area (Å²) in [7, 11) is 1.77. The van der Waals surface area contributed by atoms with Crippen LogP contribution in [0.3, 0.4) is 0 Å². The SMILES string of the molecule is CCCNCCC(C)CCOC. The fourth-order valence-electron chi connectivity index (χ4n) is 1.11. The Hall–Kier alpha value is -0.0800. The lowest BCUT2D eigenvalue weighted by Crippen LogP contribution is -2.18. The van der Waals surface area contributed by atoms with E-state index in [2.05, 4.69) is 19.2 Å². The van der Waals surface area contributed by atoms with E-state index in [-0.39, 0.29) is 0 Å². The van der Waals surface area contributed by atoms with E-state index in [1.165, 1.54) is 19.3 Å². The Labute approximate surface area is 76.7 Å². The van der Waals surface area contributed by atoms with E-state index >= 15 is 0 Å². The molecule has 0 aliphatic carbocycles. The summed E-state index contributed by atoms with van der Waals surface area (Å²) in [6.45, 7) is 7.68. The largest absolute Gasteiger partial charge is 0.385 e. The van der Waals surface area contributed by atoms with Gasteiger partial charge in [-0.05, 0) is 38.3 Å². The monoisotopic (exact) mass is 173 g/mol. The second kappa shape index (κ2) is 9.01. The van der Waals surface area contributed by atoms with Gasteiger partial charge in [0.15, 0.2) is 0 Å². The highest BCUT2D eigenvalue weighted by molar-refractivity contribution is 4.55. The van der Waals surface area contributed by atoms with Gasteiger partial charge in [0.2, 0.25) is 0 Å². The molecule has 0 aromatic carbocycles. The first-order chi connectivity index (χ1) is 5.81. The van der Waals surface area contributed by atoms with Crippen molar-refractivity contribution < 1.29 is 4.74 Å². The molecule has 0 aliphatic rings. The van der Waals surface area contributed by atoms with E-state index in [4.69, 9.17) is 4.74 Å². The molecule has 0 heterocycles. The van der Waals surface area contributed by atoms with Crippen LogP contribution in [0.1, 0.15) is 33.1 Å². The molecule has 0 fully saturated rings. The molecule has 0 aromatic heterocycles. The van der Waals surface area contributed by atoms with E-state index < -0.39 is 0 Å². The van der Waals surface area contributed by atoms with Crippen LogP contribution >= 0.6 is 0 Å². The van der Waals surface area contributed by atoms with Gasteiger partial charge >= 0.3 is 0 Å². The van der Waals surface area contributed by atoms with Crippen molar-refractivity contribution in [2.24, 2.45) is 5.92 Å². The molecule has 0 saturated heterocycles. The Morgan fingerprint density at radius 3 is 2.58 bits per heavy atom. The third-order valence-corrected chi connectivity index (χ3v) is 2.06. The second-order valence-corrected chi connectivity index (χ2v) is 3.43. The molecule has 12 heavy (non-hydrogen) atoms. The number of hydrogen-bond donors (Lipinski definition) is 1. The third kappa shape index (κ3) is 8.02. The highest BCUT2D eigenvalue weighted by Crippen LogP contribution is 2.05. The molecular formula is C10H23NO.